The van der Waals surface area contributed by atoms with Crippen LogP contribution in [0.4, 0.5) is 5.69 Å². The minimum atomic E-state index is -0.485. The summed E-state index contributed by atoms with van der Waals surface area (Å²) in [6.07, 6.45) is 0.0864. The van der Waals surface area contributed by atoms with E-state index in [9.17, 15) is 9.59 Å². The van der Waals surface area contributed by atoms with Gasteiger partial charge in [0, 0.05) is 16.3 Å². The number of fused-ring (bicyclic) bond motifs is 2. The standard InChI is InChI=1S/C19H17ClN4O2S/c1-10(18-22-12-4-2-3-5-13(12)23-18)21-17(25)9-16-19(26)24-14-8-11(20)6-7-15(14)27-16/h2-8,10,16H,9H2,1H3,(H,21,25)(H,22,23)(H,24,26)/t10-,16+/m0/s1. The molecule has 0 bridgehead atoms. The van der Waals surface area contributed by atoms with Gasteiger partial charge in [-0.15, -0.1) is 11.8 Å². The van der Waals surface area contributed by atoms with Gasteiger partial charge in [0.2, 0.25) is 11.8 Å². The molecule has 8 heteroatoms. The molecule has 3 aromatic rings. The molecule has 4 rings (SSSR count). The lowest BCUT2D eigenvalue weighted by Crippen LogP contribution is -2.36. The summed E-state index contributed by atoms with van der Waals surface area (Å²) in [7, 11) is 0. The van der Waals surface area contributed by atoms with Crippen molar-refractivity contribution < 1.29 is 9.59 Å². The van der Waals surface area contributed by atoms with Gasteiger partial charge in [-0.3, -0.25) is 9.59 Å². The van der Waals surface area contributed by atoms with Crippen LogP contribution >= 0.6 is 23.4 Å². The van der Waals surface area contributed by atoms with Gasteiger partial charge in [-0.2, -0.15) is 0 Å². The Morgan fingerprint density at radius 3 is 2.96 bits per heavy atom. The number of benzene rings is 2. The number of thioether (sulfide) groups is 1. The van der Waals surface area contributed by atoms with Gasteiger partial charge in [0.25, 0.3) is 0 Å². The molecule has 6 nitrogen and oxygen atoms in total. The number of carbonyl (C=O) groups is 2. The van der Waals surface area contributed by atoms with Crippen LogP contribution in [0.3, 0.4) is 0 Å². The van der Waals surface area contributed by atoms with E-state index in [1.807, 2.05) is 37.3 Å². The minimum absolute atomic E-state index is 0.0864. The van der Waals surface area contributed by atoms with Gasteiger partial charge < -0.3 is 15.6 Å². The number of hydrogen-bond acceptors (Lipinski definition) is 4. The van der Waals surface area contributed by atoms with Crippen LogP contribution in [0, 0.1) is 0 Å². The smallest absolute Gasteiger partial charge is 0.238 e. The number of nitrogens with one attached hydrogen (secondary N) is 3. The molecule has 2 amide bonds. The molecule has 0 aliphatic carbocycles. The van der Waals surface area contributed by atoms with Crippen molar-refractivity contribution in [3.05, 3.63) is 53.3 Å². The molecule has 1 aliphatic heterocycles. The number of nitrogens with zero attached hydrogens (tertiary/aromatic N) is 1. The van der Waals surface area contributed by atoms with E-state index in [1.54, 1.807) is 12.1 Å². The molecule has 2 atom stereocenters. The Balaban J connectivity index is 1.41. The SMILES string of the molecule is C[C@H](NC(=O)C[C@H]1Sc2ccc(Cl)cc2NC1=O)c1nc2ccccc2[nH]1. The molecule has 0 saturated heterocycles. The predicted octanol–water partition coefficient (Wildman–Crippen LogP) is 3.90. The Labute approximate surface area is 165 Å². The summed E-state index contributed by atoms with van der Waals surface area (Å²) in [6, 6.07) is 12.7. The number of imidazole rings is 1. The number of hydrogen-bond donors (Lipinski definition) is 3. The zero-order chi connectivity index (χ0) is 19.0. The van der Waals surface area contributed by atoms with Gasteiger partial charge in [-0.05, 0) is 37.3 Å². The quantitative estimate of drug-likeness (QED) is 0.620. The number of aromatic amines is 1. The van der Waals surface area contributed by atoms with Crippen molar-refractivity contribution in [3.8, 4) is 0 Å². The lowest BCUT2D eigenvalue weighted by atomic mass is 10.2. The van der Waals surface area contributed by atoms with E-state index in [0.717, 1.165) is 15.9 Å². The Bertz CT molecular complexity index is 1000. The van der Waals surface area contributed by atoms with Crippen LogP contribution in [-0.2, 0) is 9.59 Å². The van der Waals surface area contributed by atoms with Crippen molar-refractivity contribution in [3.63, 3.8) is 0 Å². The van der Waals surface area contributed by atoms with Crippen molar-refractivity contribution in [1.29, 1.82) is 0 Å². The number of halogens is 1. The second-order valence-corrected chi connectivity index (χ2v) is 8.05. The molecule has 0 unspecified atom stereocenters. The predicted molar refractivity (Wildman–Crippen MR) is 107 cm³/mol. The van der Waals surface area contributed by atoms with Gasteiger partial charge in [-0.1, -0.05) is 23.7 Å². The van der Waals surface area contributed by atoms with Crippen LogP contribution < -0.4 is 10.6 Å². The highest BCUT2D eigenvalue weighted by Crippen LogP contribution is 2.38. The molecule has 0 fully saturated rings. The van der Waals surface area contributed by atoms with E-state index in [-0.39, 0.29) is 24.3 Å². The maximum absolute atomic E-state index is 12.5. The fourth-order valence-corrected chi connectivity index (χ4v) is 4.23. The Hall–Kier alpha value is -2.51. The van der Waals surface area contributed by atoms with Crippen molar-refractivity contribution in [2.45, 2.75) is 29.5 Å². The maximum Gasteiger partial charge on any atom is 0.238 e. The Morgan fingerprint density at radius 2 is 2.15 bits per heavy atom. The fourth-order valence-electron chi connectivity index (χ4n) is 2.97. The van der Waals surface area contributed by atoms with Crippen molar-refractivity contribution >= 4 is 51.9 Å². The monoisotopic (exact) mass is 400 g/mol. The molecule has 2 heterocycles. The highest BCUT2D eigenvalue weighted by atomic mass is 35.5. The van der Waals surface area contributed by atoms with Gasteiger partial charge in [-0.25, -0.2) is 4.98 Å². The normalized spacial score (nSPS) is 17.3. The van der Waals surface area contributed by atoms with Gasteiger partial charge >= 0.3 is 0 Å². The molecule has 1 aliphatic rings. The van der Waals surface area contributed by atoms with Crippen molar-refractivity contribution in [2.24, 2.45) is 0 Å². The highest BCUT2D eigenvalue weighted by molar-refractivity contribution is 8.01. The number of H-pyrrole nitrogens is 1. The molecule has 0 radical (unpaired) electrons. The number of amides is 2. The molecule has 27 heavy (non-hydrogen) atoms. The number of rotatable bonds is 4. The van der Waals surface area contributed by atoms with Crippen molar-refractivity contribution in [1.82, 2.24) is 15.3 Å². The zero-order valence-corrected chi connectivity index (χ0v) is 16.0. The lowest BCUT2D eigenvalue weighted by molar-refractivity contribution is -0.124. The number of aromatic nitrogens is 2. The zero-order valence-electron chi connectivity index (χ0n) is 14.5. The topological polar surface area (TPSA) is 86.9 Å². The van der Waals surface area contributed by atoms with E-state index in [1.165, 1.54) is 11.8 Å². The molecule has 138 valence electrons. The van der Waals surface area contributed by atoms with E-state index in [4.69, 9.17) is 11.6 Å². The summed E-state index contributed by atoms with van der Waals surface area (Å²) < 4.78 is 0. The van der Waals surface area contributed by atoms with E-state index < -0.39 is 5.25 Å². The summed E-state index contributed by atoms with van der Waals surface area (Å²) in [5, 5.41) is 5.80. The molecule has 0 saturated carbocycles. The largest absolute Gasteiger partial charge is 0.346 e. The number of para-hydroxylation sites is 2. The molecular weight excluding hydrogens is 384 g/mol. The second kappa shape index (κ2) is 7.25. The second-order valence-electron chi connectivity index (χ2n) is 6.37. The maximum atomic E-state index is 12.5. The van der Waals surface area contributed by atoms with Gasteiger partial charge in [0.15, 0.2) is 0 Å². The molecule has 0 spiro atoms. The minimum Gasteiger partial charge on any atom is -0.346 e. The first-order chi connectivity index (χ1) is 13.0. The third-order valence-electron chi connectivity index (χ3n) is 4.33. The average Bonchev–Trinajstić information content (AvgIpc) is 3.07. The summed E-state index contributed by atoms with van der Waals surface area (Å²) in [6.45, 7) is 1.86. The van der Waals surface area contributed by atoms with Crippen LogP contribution in [0.2, 0.25) is 5.02 Å². The first-order valence-corrected chi connectivity index (χ1v) is 9.76. The lowest BCUT2D eigenvalue weighted by Gasteiger charge is -2.24. The van der Waals surface area contributed by atoms with Gasteiger partial charge in [0.05, 0.1) is 28.0 Å². The third-order valence-corrected chi connectivity index (χ3v) is 5.84. The highest BCUT2D eigenvalue weighted by Gasteiger charge is 2.29. The summed E-state index contributed by atoms with van der Waals surface area (Å²) >= 11 is 7.33. The van der Waals surface area contributed by atoms with Crippen LogP contribution in [0.25, 0.3) is 11.0 Å². The van der Waals surface area contributed by atoms with E-state index >= 15 is 0 Å². The summed E-state index contributed by atoms with van der Waals surface area (Å²) in [4.78, 5) is 33.4. The summed E-state index contributed by atoms with van der Waals surface area (Å²) in [5.74, 6) is 0.291. The third kappa shape index (κ3) is 3.79. The fraction of sp³-hybridized carbons (Fsp3) is 0.211. The average molecular weight is 401 g/mol. The molecular formula is C19H17ClN4O2S. The van der Waals surface area contributed by atoms with Gasteiger partial charge in [0.1, 0.15) is 5.82 Å². The number of anilines is 1. The van der Waals surface area contributed by atoms with Crippen molar-refractivity contribution in [2.75, 3.05) is 5.32 Å². The first-order valence-electron chi connectivity index (χ1n) is 8.50. The number of carbonyl (C=O) groups excluding carboxylic acids is 2. The van der Waals surface area contributed by atoms with E-state index in [0.29, 0.717) is 16.5 Å². The molecule has 2 aromatic carbocycles. The van der Waals surface area contributed by atoms with Crippen LogP contribution in [-0.4, -0.2) is 27.0 Å². The Kier molecular flexibility index (Phi) is 4.80. The molecule has 1 aromatic heterocycles. The van der Waals surface area contributed by atoms with E-state index in [2.05, 4.69) is 20.6 Å². The van der Waals surface area contributed by atoms with Crippen LogP contribution in [0.5, 0.6) is 0 Å². The summed E-state index contributed by atoms with van der Waals surface area (Å²) in [5.41, 5.74) is 2.46. The Morgan fingerprint density at radius 1 is 1.33 bits per heavy atom. The first kappa shape index (κ1) is 17.9. The van der Waals surface area contributed by atoms with Crippen LogP contribution in [0.15, 0.2) is 47.4 Å². The molecule has 3 N–H and O–H groups in total. The van der Waals surface area contributed by atoms with Crippen LogP contribution in [0.1, 0.15) is 25.2 Å².